The van der Waals surface area contributed by atoms with Gasteiger partial charge in [-0.1, -0.05) is 33.4 Å². The molecule has 8 nitrogen and oxygen atoms in total. The predicted molar refractivity (Wildman–Crippen MR) is 114 cm³/mol. The second-order valence-corrected chi connectivity index (χ2v) is 8.68. The first-order valence-electron chi connectivity index (χ1n) is 10.4. The Balaban J connectivity index is 2.69. The quantitative estimate of drug-likeness (QED) is 0.479. The lowest BCUT2D eigenvalue weighted by Gasteiger charge is -2.32. The van der Waals surface area contributed by atoms with E-state index in [4.69, 9.17) is 14.2 Å². The van der Waals surface area contributed by atoms with Crippen LogP contribution in [0.4, 0.5) is 4.79 Å². The van der Waals surface area contributed by atoms with E-state index in [0.29, 0.717) is 5.56 Å². The molecule has 8 heteroatoms. The van der Waals surface area contributed by atoms with Crippen LogP contribution in [0.1, 0.15) is 53.1 Å². The van der Waals surface area contributed by atoms with Gasteiger partial charge >= 0.3 is 12.1 Å². The number of pyridine rings is 1. The molecule has 0 saturated carbocycles. The number of hydrogen-bond donors (Lipinski definition) is 0. The van der Waals surface area contributed by atoms with Crippen LogP contribution in [-0.2, 0) is 19.1 Å². The zero-order valence-electron chi connectivity index (χ0n) is 19.1. The zero-order valence-corrected chi connectivity index (χ0v) is 19.1. The first kappa shape index (κ1) is 24.4. The maximum atomic E-state index is 13.7. The Kier molecular flexibility index (Phi) is 7.81. The summed E-state index contributed by atoms with van der Waals surface area (Å²) in [6.45, 7) is 14.5. The number of nitrogens with zero attached hydrogens (tertiary/aromatic N) is 2. The van der Waals surface area contributed by atoms with Crippen LogP contribution in [0.15, 0.2) is 31.0 Å². The lowest BCUT2D eigenvalue weighted by Crippen LogP contribution is -2.48. The van der Waals surface area contributed by atoms with Crippen LogP contribution in [-0.4, -0.2) is 53.1 Å². The average molecular weight is 433 g/mol. The van der Waals surface area contributed by atoms with E-state index in [-0.39, 0.29) is 31.0 Å². The molecule has 0 N–H and O–H groups in total. The summed E-state index contributed by atoms with van der Waals surface area (Å²) in [6, 6.07) is 1.10. The minimum absolute atomic E-state index is 0.0611. The molecular weight excluding hydrogens is 400 g/mol. The molecule has 1 aromatic rings. The number of hydrogen-bond acceptors (Lipinski definition) is 7. The third-order valence-electron chi connectivity index (χ3n) is 4.91. The molecule has 170 valence electrons. The van der Waals surface area contributed by atoms with Crippen molar-refractivity contribution in [1.29, 1.82) is 0 Å². The van der Waals surface area contributed by atoms with Gasteiger partial charge in [0.25, 0.3) is 0 Å². The first-order chi connectivity index (χ1) is 14.5. The van der Waals surface area contributed by atoms with Gasteiger partial charge in [-0.15, -0.1) is 0 Å². The van der Waals surface area contributed by atoms with Crippen molar-refractivity contribution < 1.29 is 28.6 Å². The molecule has 31 heavy (non-hydrogen) atoms. The van der Waals surface area contributed by atoms with Crippen molar-refractivity contribution in [3.8, 4) is 5.88 Å². The third-order valence-corrected chi connectivity index (χ3v) is 4.91. The number of ether oxygens (including phenoxy) is 3. The summed E-state index contributed by atoms with van der Waals surface area (Å²) in [6.07, 6.45) is 1.96. The molecule has 0 aliphatic carbocycles. The number of rotatable bonds is 7. The molecule has 0 spiro atoms. The van der Waals surface area contributed by atoms with E-state index in [1.165, 1.54) is 11.0 Å². The first-order valence-corrected chi connectivity index (χ1v) is 10.4. The lowest BCUT2D eigenvalue weighted by molar-refractivity contribution is -0.151. The Morgan fingerprint density at radius 2 is 1.97 bits per heavy atom. The number of ketones is 1. The van der Waals surface area contributed by atoms with Gasteiger partial charge in [0.2, 0.25) is 5.88 Å². The number of likely N-dealkylation sites (tertiary alicyclic amines) is 1. The van der Waals surface area contributed by atoms with Crippen LogP contribution < -0.4 is 4.74 Å². The van der Waals surface area contributed by atoms with Crippen LogP contribution in [0.25, 0.3) is 0 Å². The maximum Gasteiger partial charge on any atom is 0.411 e. The molecule has 1 amide bonds. The SMILES string of the molecule is C=CCOC(=O)N1[C@@H](c2cccnc2OC(C)C)C(=O)[C@H](C(C)(C)C)[C@H]1C(=O)OCC. The normalized spacial score (nSPS) is 21.2. The molecule has 1 aliphatic rings. The number of esters is 1. The molecule has 3 atom stereocenters. The van der Waals surface area contributed by atoms with Gasteiger partial charge in [0.1, 0.15) is 18.7 Å². The topological polar surface area (TPSA) is 95.0 Å². The summed E-state index contributed by atoms with van der Waals surface area (Å²) in [5.41, 5.74) is -0.223. The highest BCUT2D eigenvalue weighted by Crippen LogP contribution is 2.47. The van der Waals surface area contributed by atoms with E-state index in [1.807, 2.05) is 34.6 Å². The largest absolute Gasteiger partial charge is 0.475 e. The maximum absolute atomic E-state index is 13.7. The number of carbonyl (C=O) groups excluding carboxylic acids is 3. The second kappa shape index (κ2) is 9.94. The molecule has 0 bridgehead atoms. The summed E-state index contributed by atoms with van der Waals surface area (Å²) in [5, 5.41) is 0. The molecule has 1 fully saturated rings. The van der Waals surface area contributed by atoms with Gasteiger partial charge in [-0.2, -0.15) is 0 Å². The molecular formula is C23H32N2O6. The third kappa shape index (κ3) is 5.24. The smallest absolute Gasteiger partial charge is 0.411 e. The van der Waals surface area contributed by atoms with Gasteiger partial charge in [0.15, 0.2) is 5.78 Å². The van der Waals surface area contributed by atoms with E-state index in [1.54, 1.807) is 25.3 Å². The average Bonchev–Trinajstić information content (AvgIpc) is 2.99. The number of Topliss-reactive ketones (excluding diaryl/α,β-unsaturated/α-hetero) is 1. The van der Waals surface area contributed by atoms with Crippen LogP contribution in [0, 0.1) is 11.3 Å². The van der Waals surface area contributed by atoms with Crippen molar-refractivity contribution >= 4 is 17.8 Å². The summed E-state index contributed by atoms with van der Waals surface area (Å²) in [4.78, 5) is 45.2. The number of carbonyl (C=O) groups is 3. The highest BCUT2D eigenvalue weighted by Gasteiger charge is 2.59. The lowest BCUT2D eigenvalue weighted by atomic mass is 9.74. The van der Waals surface area contributed by atoms with Crippen molar-refractivity contribution in [3.63, 3.8) is 0 Å². The van der Waals surface area contributed by atoms with Crippen LogP contribution in [0.2, 0.25) is 0 Å². The molecule has 0 aromatic carbocycles. The molecule has 1 aromatic heterocycles. The number of amides is 1. The molecule has 0 unspecified atom stereocenters. The van der Waals surface area contributed by atoms with Gasteiger partial charge < -0.3 is 14.2 Å². The Hall–Kier alpha value is -2.90. The van der Waals surface area contributed by atoms with Crippen molar-refractivity contribution in [3.05, 3.63) is 36.5 Å². The zero-order chi connectivity index (χ0) is 23.3. The molecule has 2 rings (SSSR count). The van der Waals surface area contributed by atoms with Gasteiger partial charge in [0.05, 0.1) is 18.6 Å². The fourth-order valence-corrected chi connectivity index (χ4v) is 3.82. The van der Waals surface area contributed by atoms with Crippen molar-refractivity contribution in [2.45, 2.75) is 59.7 Å². The Labute approximate surface area is 183 Å². The Morgan fingerprint density at radius 1 is 1.29 bits per heavy atom. The summed E-state index contributed by atoms with van der Waals surface area (Å²) in [7, 11) is 0. The second-order valence-electron chi connectivity index (χ2n) is 8.68. The van der Waals surface area contributed by atoms with Crippen LogP contribution in [0.5, 0.6) is 5.88 Å². The van der Waals surface area contributed by atoms with Crippen LogP contribution in [0.3, 0.4) is 0 Å². The van der Waals surface area contributed by atoms with Crippen molar-refractivity contribution in [2.75, 3.05) is 13.2 Å². The van der Waals surface area contributed by atoms with Gasteiger partial charge in [-0.25, -0.2) is 14.6 Å². The number of aromatic nitrogens is 1. The van der Waals surface area contributed by atoms with Crippen LogP contribution >= 0.6 is 0 Å². The van der Waals surface area contributed by atoms with E-state index in [2.05, 4.69) is 11.6 Å². The van der Waals surface area contributed by atoms with E-state index in [0.717, 1.165) is 0 Å². The molecule has 1 saturated heterocycles. The summed E-state index contributed by atoms with van der Waals surface area (Å²) < 4.78 is 16.3. The Bertz CT molecular complexity index is 830. The Morgan fingerprint density at radius 3 is 2.52 bits per heavy atom. The predicted octanol–water partition coefficient (Wildman–Crippen LogP) is 3.71. The minimum atomic E-state index is -1.14. The fourth-order valence-electron chi connectivity index (χ4n) is 3.82. The standard InChI is InChI=1S/C23H32N2O6/c1-8-13-30-22(28)25-17(15-11-10-12-24-20(15)31-14(3)4)19(26)16(23(5,6)7)18(25)21(27)29-9-2/h8,10-12,14,16-18H,1,9,13H2,2-7H3/t16-,17+,18+/m1/s1. The van der Waals surface area contributed by atoms with Crippen molar-refractivity contribution in [2.24, 2.45) is 11.3 Å². The van der Waals surface area contributed by atoms with E-state index >= 15 is 0 Å². The van der Waals surface area contributed by atoms with E-state index in [9.17, 15) is 14.4 Å². The van der Waals surface area contributed by atoms with Crippen molar-refractivity contribution in [1.82, 2.24) is 9.88 Å². The summed E-state index contributed by atoms with van der Waals surface area (Å²) in [5.74, 6) is -1.51. The highest BCUT2D eigenvalue weighted by molar-refractivity contribution is 6.01. The summed E-state index contributed by atoms with van der Waals surface area (Å²) >= 11 is 0. The van der Waals surface area contributed by atoms with Gasteiger partial charge in [0, 0.05) is 11.8 Å². The van der Waals surface area contributed by atoms with Gasteiger partial charge in [-0.05, 0) is 38.3 Å². The van der Waals surface area contributed by atoms with E-state index < -0.39 is 35.5 Å². The monoisotopic (exact) mass is 432 g/mol. The highest BCUT2D eigenvalue weighted by atomic mass is 16.6. The van der Waals surface area contributed by atoms with Gasteiger partial charge in [-0.3, -0.25) is 9.69 Å². The molecule has 1 aliphatic heterocycles. The fraction of sp³-hybridized carbons (Fsp3) is 0.565. The minimum Gasteiger partial charge on any atom is -0.475 e. The molecule has 2 heterocycles. The molecule has 0 radical (unpaired) electrons.